The third kappa shape index (κ3) is 3.04. The zero-order valence-electron chi connectivity index (χ0n) is 14.2. The second-order valence-corrected chi connectivity index (χ2v) is 6.99. The molecule has 2 N–H and O–H groups in total. The first-order chi connectivity index (χ1) is 11.8. The summed E-state index contributed by atoms with van der Waals surface area (Å²) in [4.78, 5) is 13.6. The van der Waals surface area contributed by atoms with Gasteiger partial charge in [-0.05, 0) is 43.4 Å². The third-order valence-electron chi connectivity index (χ3n) is 5.64. The first-order valence-electron chi connectivity index (χ1n) is 8.54. The van der Waals surface area contributed by atoms with E-state index in [1.54, 1.807) is 12.1 Å². The van der Waals surface area contributed by atoms with Crippen LogP contribution in [0.25, 0.3) is 0 Å². The topological polar surface area (TPSA) is 55.6 Å². The zero-order valence-corrected chi connectivity index (χ0v) is 14.2. The van der Waals surface area contributed by atoms with Gasteiger partial charge in [0.05, 0.1) is 0 Å². The van der Waals surface area contributed by atoms with E-state index in [-0.39, 0.29) is 37.7 Å². The minimum Gasteiger partial charge on any atom is -0.371 e. The second-order valence-electron chi connectivity index (χ2n) is 6.99. The lowest BCUT2D eigenvalue weighted by Crippen LogP contribution is -2.64. The quantitative estimate of drug-likeness (QED) is 0.902. The highest BCUT2D eigenvalue weighted by atomic mass is 19.3. The summed E-state index contributed by atoms with van der Waals surface area (Å²) in [5.41, 5.74) is 5.33. The summed E-state index contributed by atoms with van der Waals surface area (Å²) >= 11 is 0. The molecule has 1 saturated heterocycles. The first-order valence-corrected chi connectivity index (χ1v) is 8.54. The molecule has 2 fully saturated rings. The molecule has 1 aliphatic carbocycles. The molecule has 25 heavy (non-hydrogen) atoms. The third-order valence-corrected chi connectivity index (χ3v) is 5.64. The lowest BCUT2D eigenvalue weighted by atomic mass is 9.74. The smallest absolute Gasteiger partial charge is 0.352 e. The number of halogens is 3. The molecule has 2 aliphatic rings. The molecule has 1 aromatic rings. The van der Waals surface area contributed by atoms with Crippen LogP contribution in [0.2, 0.25) is 0 Å². The average molecular weight is 356 g/mol. The van der Waals surface area contributed by atoms with Gasteiger partial charge in [-0.1, -0.05) is 12.1 Å². The van der Waals surface area contributed by atoms with Crippen LogP contribution in [0.5, 0.6) is 0 Å². The maximum absolute atomic E-state index is 14.7. The average Bonchev–Trinajstić information content (AvgIpc) is 2.54. The van der Waals surface area contributed by atoms with Crippen LogP contribution < -0.4 is 5.73 Å². The molecule has 4 nitrogen and oxygen atoms in total. The summed E-state index contributed by atoms with van der Waals surface area (Å²) in [7, 11) is 1.23. The van der Waals surface area contributed by atoms with Gasteiger partial charge in [0.2, 0.25) is 0 Å². The van der Waals surface area contributed by atoms with Crippen molar-refractivity contribution in [2.45, 2.75) is 49.2 Å². The number of carbonyl (C=O) groups excluding carboxylic acids is 1. The number of nitrogens with two attached hydrogens (primary N) is 1. The van der Waals surface area contributed by atoms with Crippen molar-refractivity contribution in [2.75, 3.05) is 20.2 Å². The Hall–Kier alpha value is -1.60. The Morgan fingerprint density at radius 2 is 1.96 bits per heavy atom. The fourth-order valence-electron chi connectivity index (χ4n) is 3.83. The van der Waals surface area contributed by atoms with Gasteiger partial charge in [-0.2, -0.15) is 8.78 Å². The Bertz CT molecular complexity index is 626. The molecule has 0 aromatic heterocycles. The molecule has 1 heterocycles. The molecule has 0 bridgehead atoms. The van der Waals surface area contributed by atoms with Gasteiger partial charge in [0, 0.05) is 32.2 Å². The minimum atomic E-state index is -3.55. The predicted octanol–water partition coefficient (Wildman–Crippen LogP) is 2.67. The van der Waals surface area contributed by atoms with Crippen molar-refractivity contribution in [1.29, 1.82) is 0 Å². The summed E-state index contributed by atoms with van der Waals surface area (Å²) in [6.45, 7) is 0.250. The lowest BCUT2D eigenvalue weighted by molar-refractivity contribution is -0.234. The summed E-state index contributed by atoms with van der Waals surface area (Å²) < 4.78 is 47.5. The normalized spacial score (nSPS) is 26.2. The monoisotopic (exact) mass is 356 g/mol. The number of benzene rings is 1. The highest BCUT2D eigenvalue weighted by molar-refractivity contribution is 5.85. The molecule has 2 atom stereocenters. The number of amides is 1. The maximum atomic E-state index is 14.7. The van der Waals surface area contributed by atoms with Crippen molar-refractivity contribution in [1.82, 2.24) is 4.90 Å². The van der Waals surface area contributed by atoms with E-state index in [0.29, 0.717) is 12.8 Å². The Balaban J connectivity index is 1.70. The van der Waals surface area contributed by atoms with E-state index < -0.39 is 23.5 Å². The number of nitrogens with zero attached hydrogens (tertiary/aromatic N) is 1. The van der Waals surface area contributed by atoms with Crippen LogP contribution in [0.15, 0.2) is 24.3 Å². The Kier molecular flexibility index (Phi) is 4.81. The van der Waals surface area contributed by atoms with Crippen LogP contribution in [0.1, 0.15) is 37.2 Å². The van der Waals surface area contributed by atoms with E-state index in [1.165, 1.54) is 19.2 Å². The fraction of sp³-hybridized carbons (Fsp3) is 0.611. The van der Waals surface area contributed by atoms with E-state index in [9.17, 15) is 18.0 Å². The van der Waals surface area contributed by atoms with Gasteiger partial charge >= 0.3 is 5.92 Å². The number of ether oxygens (including phenoxy) is 1. The van der Waals surface area contributed by atoms with Gasteiger partial charge in [0.15, 0.2) is 0 Å². The Morgan fingerprint density at radius 1 is 1.32 bits per heavy atom. The van der Waals surface area contributed by atoms with Crippen LogP contribution in [-0.4, -0.2) is 48.6 Å². The number of rotatable bonds is 4. The fourth-order valence-corrected chi connectivity index (χ4v) is 3.83. The number of piperidine rings is 1. The Labute approximate surface area is 145 Å². The summed E-state index contributed by atoms with van der Waals surface area (Å²) in [5.74, 6) is -5.18. The van der Waals surface area contributed by atoms with E-state index in [4.69, 9.17) is 10.5 Å². The number of carbonyl (C=O) groups is 1. The molecule has 0 radical (unpaired) electrons. The molecule has 7 heteroatoms. The highest BCUT2D eigenvalue weighted by Gasteiger charge is 2.63. The zero-order chi connectivity index (χ0) is 18.2. The summed E-state index contributed by atoms with van der Waals surface area (Å²) in [6, 6.07) is 5.54. The molecule has 0 spiro atoms. The molecule has 1 saturated carbocycles. The molecule has 1 amide bonds. The molecule has 1 aliphatic heterocycles. The lowest BCUT2D eigenvalue weighted by Gasteiger charge is -2.47. The van der Waals surface area contributed by atoms with Crippen LogP contribution in [0, 0.1) is 5.82 Å². The number of methoxy groups -OCH3 is 1. The molecule has 2 unspecified atom stereocenters. The van der Waals surface area contributed by atoms with Gasteiger partial charge in [-0.15, -0.1) is 0 Å². The molecule has 1 aromatic carbocycles. The number of likely N-dealkylation sites (tertiary alicyclic amines) is 1. The van der Waals surface area contributed by atoms with Crippen LogP contribution in [-0.2, 0) is 9.53 Å². The van der Waals surface area contributed by atoms with Crippen molar-refractivity contribution in [3.63, 3.8) is 0 Å². The van der Waals surface area contributed by atoms with Crippen molar-refractivity contribution in [3.05, 3.63) is 35.6 Å². The van der Waals surface area contributed by atoms with Gasteiger partial charge in [-0.3, -0.25) is 4.79 Å². The molecule has 3 rings (SSSR count). The second kappa shape index (κ2) is 6.61. The number of alkyl halides is 2. The largest absolute Gasteiger partial charge is 0.371 e. The van der Waals surface area contributed by atoms with Crippen molar-refractivity contribution >= 4 is 5.91 Å². The summed E-state index contributed by atoms with van der Waals surface area (Å²) in [5, 5.41) is 0. The van der Waals surface area contributed by atoms with Gasteiger partial charge < -0.3 is 15.4 Å². The van der Waals surface area contributed by atoms with Crippen LogP contribution in [0.4, 0.5) is 13.2 Å². The first kappa shape index (κ1) is 18.2. The Morgan fingerprint density at radius 3 is 2.44 bits per heavy atom. The van der Waals surface area contributed by atoms with E-state index in [1.807, 2.05) is 0 Å². The van der Waals surface area contributed by atoms with Gasteiger partial charge in [0.1, 0.15) is 11.4 Å². The standard InChI is InChI=1S/C18H23F3N2O2/c1-25-17(8-2-9-17)18(20,21)16(24)23-10-7-14(15(22)11-23)12-3-5-13(19)6-4-12/h3-6,14-15H,2,7-11,22H2,1H3. The van der Waals surface area contributed by atoms with Crippen molar-refractivity contribution in [3.8, 4) is 0 Å². The van der Waals surface area contributed by atoms with E-state index in [0.717, 1.165) is 10.5 Å². The number of hydrogen-bond acceptors (Lipinski definition) is 3. The molecule has 138 valence electrons. The van der Waals surface area contributed by atoms with Crippen molar-refractivity contribution < 1.29 is 22.7 Å². The highest BCUT2D eigenvalue weighted by Crippen LogP contribution is 2.48. The van der Waals surface area contributed by atoms with E-state index >= 15 is 0 Å². The summed E-state index contributed by atoms with van der Waals surface area (Å²) in [6.07, 6.45) is 1.46. The van der Waals surface area contributed by atoms with Gasteiger partial charge in [-0.25, -0.2) is 4.39 Å². The van der Waals surface area contributed by atoms with E-state index in [2.05, 4.69) is 0 Å². The van der Waals surface area contributed by atoms with Crippen LogP contribution in [0.3, 0.4) is 0 Å². The SMILES string of the molecule is COC1(C(F)(F)C(=O)N2CCC(c3ccc(F)cc3)C(N)C2)CCC1. The minimum absolute atomic E-state index is 0.0518. The van der Waals surface area contributed by atoms with Gasteiger partial charge in [0.25, 0.3) is 5.91 Å². The molecular weight excluding hydrogens is 333 g/mol. The maximum Gasteiger partial charge on any atom is 0.352 e. The van der Waals surface area contributed by atoms with Crippen molar-refractivity contribution in [2.24, 2.45) is 5.73 Å². The predicted molar refractivity (Wildman–Crippen MR) is 86.9 cm³/mol. The molecular formula is C18H23F3N2O2. The van der Waals surface area contributed by atoms with Crippen LogP contribution >= 0.6 is 0 Å². The number of hydrogen-bond donors (Lipinski definition) is 1.